The summed E-state index contributed by atoms with van der Waals surface area (Å²) in [4.78, 5) is 23.7. The molecule has 0 spiro atoms. The highest BCUT2D eigenvalue weighted by atomic mass is 16.1. The standard InChI is InChI=1S/C17H25BN8O/c1-25(20)17(24-19)26-6-4-12(5-7-26)22-16(27)11-8-13-15(21-9-11)23-14(18-13)10-2-3-10/h8-10,12,18H,2-7,19-20H2,1H3,(H,22,27)/b24-17+. The summed E-state index contributed by atoms with van der Waals surface area (Å²) < 4.78 is 0. The van der Waals surface area contributed by atoms with Gasteiger partial charge in [-0.2, -0.15) is 0 Å². The van der Waals surface area contributed by atoms with Crippen molar-refractivity contribution < 1.29 is 4.79 Å². The van der Waals surface area contributed by atoms with Crippen molar-refractivity contribution >= 4 is 36.0 Å². The average Bonchev–Trinajstić information content (AvgIpc) is 3.42. The molecule has 1 amide bonds. The van der Waals surface area contributed by atoms with Crippen LogP contribution in [0.2, 0.25) is 0 Å². The minimum atomic E-state index is -0.0766. The third-order valence-corrected chi connectivity index (χ3v) is 5.42. The number of hydrazine groups is 1. The Morgan fingerprint density at radius 1 is 1.37 bits per heavy atom. The van der Waals surface area contributed by atoms with E-state index < -0.39 is 0 Å². The molecule has 0 unspecified atom stereocenters. The molecule has 0 atom stereocenters. The zero-order chi connectivity index (χ0) is 19.0. The average molecular weight is 368 g/mol. The van der Waals surface area contributed by atoms with Crippen LogP contribution in [-0.4, -0.2) is 65.8 Å². The number of hydrazone groups is 1. The predicted molar refractivity (Wildman–Crippen MR) is 106 cm³/mol. The Labute approximate surface area is 159 Å². The molecule has 3 aliphatic rings. The van der Waals surface area contributed by atoms with Crippen LogP contribution in [0.15, 0.2) is 22.4 Å². The number of fused-ring (bicyclic) bond motifs is 1. The Hall–Kier alpha value is -2.62. The number of nitrogens with one attached hydrogen (secondary N) is 1. The van der Waals surface area contributed by atoms with Gasteiger partial charge in [0.2, 0.25) is 13.2 Å². The summed E-state index contributed by atoms with van der Waals surface area (Å²) in [6.07, 6.45) is 5.72. The Balaban J connectivity index is 1.33. The van der Waals surface area contributed by atoms with Crippen molar-refractivity contribution in [1.29, 1.82) is 0 Å². The second-order valence-electron chi connectivity index (χ2n) is 7.54. The van der Waals surface area contributed by atoms with Crippen molar-refractivity contribution in [3.05, 3.63) is 17.8 Å². The molecule has 1 aliphatic carbocycles. The summed E-state index contributed by atoms with van der Waals surface area (Å²) in [5.41, 5.74) is 2.90. The van der Waals surface area contributed by atoms with Crippen LogP contribution in [0.1, 0.15) is 36.0 Å². The van der Waals surface area contributed by atoms with Gasteiger partial charge < -0.3 is 16.1 Å². The van der Waals surface area contributed by atoms with E-state index in [1.807, 2.05) is 11.0 Å². The summed E-state index contributed by atoms with van der Waals surface area (Å²) in [6.45, 7) is 1.48. The van der Waals surface area contributed by atoms with Crippen LogP contribution < -0.4 is 22.5 Å². The van der Waals surface area contributed by atoms with E-state index >= 15 is 0 Å². The summed E-state index contributed by atoms with van der Waals surface area (Å²) in [6, 6.07) is 2.05. The molecule has 1 aromatic rings. The van der Waals surface area contributed by atoms with Gasteiger partial charge in [-0.25, -0.2) is 15.8 Å². The second kappa shape index (κ2) is 7.18. The van der Waals surface area contributed by atoms with E-state index in [0.29, 0.717) is 17.4 Å². The maximum atomic E-state index is 12.6. The first-order chi connectivity index (χ1) is 13.0. The summed E-state index contributed by atoms with van der Waals surface area (Å²) in [5.74, 6) is 13.0. The van der Waals surface area contributed by atoms with Crippen LogP contribution >= 0.6 is 0 Å². The van der Waals surface area contributed by atoms with E-state index in [9.17, 15) is 4.79 Å². The molecule has 1 saturated carbocycles. The first kappa shape index (κ1) is 17.8. The number of guanidine groups is 1. The molecule has 0 aromatic carbocycles. The third kappa shape index (κ3) is 3.75. The molecule has 27 heavy (non-hydrogen) atoms. The number of amides is 1. The molecule has 0 bridgehead atoms. The fraction of sp³-hybridized carbons (Fsp3) is 0.529. The quantitative estimate of drug-likeness (QED) is 0.203. The molecule has 9 nitrogen and oxygen atoms in total. The summed E-state index contributed by atoms with van der Waals surface area (Å²) >= 11 is 0. The lowest BCUT2D eigenvalue weighted by Gasteiger charge is -2.35. The predicted octanol–water partition coefficient (Wildman–Crippen LogP) is -1.17. The van der Waals surface area contributed by atoms with Crippen molar-refractivity contribution in [3.8, 4) is 0 Å². The van der Waals surface area contributed by atoms with E-state index in [1.54, 1.807) is 13.2 Å². The zero-order valence-corrected chi connectivity index (χ0v) is 15.6. The molecule has 1 saturated heterocycles. The lowest BCUT2D eigenvalue weighted by Crippen LogP contribution is -2.52. The van der Waals surface area contributed by atoms with E-state index in [4.69, 9.17) is 11.7 Å². The van der Waals surface area contributed by atoms with Crippen molar-refractivity contribution in [2.75, 3.05) is 20.1 Å². The highest BCUT2D eigenvalue weighted by Gasteiger charge is 2.32. The topological polar surface area (TPSA) is 125 Å². The fourth-order valence-corrected chi connectivity index (χ4v) is 3.77. The van der Waals surface area contributed by atoms with Gasteiger partial charge in [-0.3, -0.25) is 9.80 Å². The molecule has 5 N–H and O–H groups in total. The van der Waals surface area contributed by atoms with Gasteiger partial charge in [0.15, 0.2) is 0 Å². The van der Waals surface area contributed by atoms with Gasteiger partial charge in [-0.15, -0.1) is 5.10 Å². The molecule has 2 fully saturated rings. The molecule has 10 heteroatoms. The number of rotatable bonds is 3. The van der Waals surface area contributed by atoms with Crippen LogP contribution in [-0.2, 0) is 0 Å². The first-order valence-corrected chi connectivity index (χ1v) is 9.43. The van der Waals surface area contributed by atoms with Crippen LogP contribution in [0.4, 0.5) is 5.82 Å². The van der Waals surface area contributed by atoms with Gasteiger partial charge in [-0.1, -0.05) is 0 Å². The molecule has 1 aromatic heterocycles. The fourth-order valence-electron chi connectivity index (χ4n) is 3.77. The molecule has 4 rings (SSSR count). The molecule has 2 aliphatic heterocycles. The summed E-state index contributed by atoms with van der Waals surface area (Å²) in [7, 11) is 2.54. The largest absolute Gasteiger partial charge is 0.349 e. The van der Waals surface area contributed by atoms with Gasteiger partial charge in [0.05, 0.1) is 5.56 Å². The van der Waals surface area contributed by atoms with E-state index in [-0.39, 0.29) is 11.9 Å². The number of aliphatic imine (C=N–C) groups is 1. The minimum absolute atomic E-state index is 0.0766. The molecular weight excluding hydrogens is 343 g/mol. The van der Waals surface area contributed by atoms with Gasteiger partial charge in [0, 0.05) is 32.4 Å². The normalized spacial score (nSPS) is 20.0. The lowest BCUT2D eigenvalue weighted by molar-refractivity contribution is 0.0920. The Morgan fingerprint density at radius 2 is 2.11 bits per heavy atom. The number of hydrogen-bond donors (Lipinski definition) is 3. The SMILES string of the molecule is CN(N)/C(=N\N)N1CCC(NC(=O)c2cnc3c(c2)BC(C2CC2)=N3)CC1. The van der Waals surface area contributed by atoms with Crippen molar-refractivity contribution in [3.63, 3.8) is 0 Å². The van der Waals surface area contributed by atoms with Crippen LogP contribution in [0.5, 0.6) is 0 Å². The summed E-state index contributed by atoms with van der Waals surface area (Å²) in [5, 5.41) is 8.27. The Morgan fingerprint density at radius 3 is 2.74 bits per heavy atom. The van der Waals surface area contributed by atoms with Crippen LogP contribution in [0.25, 0.3) is 0 Å². The third-order valence-electron chi connectivity index (χ3n) is 5.42. The number of hydrogen-bond acceptors (Lipinski definition) is 6. The first-order valence-electron chi connectivity index (χ1n) is 9.43. The highest BCUT2D eigenvalue weighted by Crippen LogP contribution is 2.33. The van der Waals surface area contributed by atoms with E-state index in [1.165, 1.54) is 23.5 Å². The van der Waals surface area contributed by atoms with Crippen LogP contribution in [0.3, 0.4) is 0 Å². The van der Waals surface area contributed by atoms with Gasteiger partial charge in [0.25, 0.3) is 5.91 Å². The van der Waals surface area contributed by atoms with E-state index in [2.05, 4.69) is 20.4 Å². The lowest BCUT2D eigenvalue weighted by atomic mass is 9.66. The van der Waals surface area contributed by atoms with Crippen molar-refractivity contribution in [1.82, 2.24) is 20.2 Å². The molecular formula is C17H25BN8O. The smallest absolute Gasteiger partial charge is 0.253 e. The minimum Gasteiger partial charge on any atom is -0.349 e. The number of carbonyl (C=O) groups excluding carboxylic acids is 1. The Bertz CT molecular complexity index is 796. The zero-order valence-electron chi connectivity index (χ0n) is 15.6. The number of carbonyl (C=O) groups is 1. The Kier molecular flexibility index (Phi) is 4.73. The van der Waals surface area contributed by atoms with Crippen LogP contribution in [0, 0.1) is 5.92 Å². The monoisotopic (exact) mass is 368 g/mol. The highest BCUT2D eigenvalue weighted by molar-refractivity contribution is 6.88. The maximum absolute atomic E-state index is 12.6. The second-order valence-corrected chi connectivity index (χ2v) is 7.54. The number of nitrogens with zero attached hydrogens (tertiary/aromatic N) is 5. The maximum Gasteiger partial charge on any atom is 0.253 e. The van der Waals surface area contributed by atoms with Crippen molar-refractivity contribution in [2.24, 2.45) is 27.7 Å². The van der Waals surface area contributed by atoms with Gasteiger partial charge >= 0.3 is 0 Å². The molecule has 142 valence electrons. The number of pyridine rings is 1. The number of aromatic nitrogens is 1. The molecule has 3 heterocycles. The van der Waals surface area contributed by atoms with Gasteiger partial charge in [-0.05, 0) is 48.7 Å². The number of nitrogens with two attached hydrogens (primary N) is 2. The number of likely N-dealkylation sites (tertiary alicyclic amines) is 1. The van der Waals surface area contributed by atoms with Gasteiger partial charge in [0.1, 0.15) is 5.82 Å². The molecule has 0 radical (unpaired) electrons. The van der Waals surface area contributed by atoms with E-state index in [0.717, 1.165) is 44.5 Å². The number of piperidine rings is 1. The van der Waals surface area contributed by atoms with Crippen molar-refractivity contribution in [2.45, 2.75) is 31.7 Å².